The van der Waals surface area contributed by atoms with Crippen molar-refractivity contribution < 1.29 is 14.3 Å². The van der Waals surface area contributed by atoms with E-state index in [1.165, 1.54) is 6.08 Å². The van der Waals surface area contributed by atoms with Crippen molar-refractivity contribution in [3.63, 3.8) is 0 Å². The normalized spacial score (nSPS) is 15.3. The van der Waals surface area contributed by atoms with E-state index in [0.29, 0.717) is 5.92 Å². The Labute approximate surface area is 158 Å². The number of benzene rings is 1. The summed E-state index contributed by atoms with van der Waals surface area (Å²) in [5, 5.41) is 0. The van der Waals surface area contributed by atoms with E-state index in [0.717, 1.165) is 41.2 Å². The van der Waals surface area contributed by atoms with E-state index < -0.39 is 5.97 Å². The lowest BCUT2D eigenvalue weighted by Crippen LogP contribution is -2.40. The molecule has 0 atom stereocenters. The van der Waals surface area contributed by atoms with Crippen LogP contribution in [0, 0.1) is 5.92 Å². The molecule has 2 aromatic rings. The topological polar surface area (TPSA) is 46.6 Å². The number of rotatable bonds is 5. The third-order valence-corrected chi connectivity index (χ3v) is 5.64. The molecule has 3 rings (SSSR count). The summed E-state index contributed by atoms with van der Waals surface area (Å²) >= 11 is 1.61. The molecule has 136 valence electrons. The molecule has 1 fully saturated rings. The number of amides is 1. The Kier molecular flexibility index (Phi) is 6.23. The first-order chi connectivity index (χ1) is 12.6. The van der Waals surface area contributed by atoms with Crippen molar-refractivity contribution >= 4 is 29.3 Å². The molecule has 1 aliphatic rings. The molecule has 4 nitrogen and oxygen atoms in total. The molecular weight excluding hydrogens is 346 g/mol. The smallest absolute Gasteiger partial charge is 0.331 e. The highest BCUT2D eigenvalue weighted by atomic mass is 32.1. The summed E-state index contributed by atoms with van der Waals surface area (Å²) in [5.41, 5.74) is 1.15. The molecule has 0 N–H and O–H groups in total. The molecule has 0 saturated carbocycles. The van der Waals surface area contributed by atoms with Gasteiger partial charge in [-0.2, -0.15) is 0 Å². The van der Waals surface area contributed by atoms with Crippen LogP contribution in [0.2, 0.25) is 0 Å². The molecule has 1 saturated heterocycles. The Hall–Kier alpha value is -2.40. The van der Waals surface area contributed by atoms with Crippen LogP contribution in [0.1, 0.15) is 24.6 Å². The Morgan fingerprint density at radius 1 is 1.15 bits per heavy atom. The largest absolute Gasteiger partial charge is 0.452 e. The summed E-state index contributed by atoms with van der Waals surface area (Å²) in [6.07, 6.45) is 5.14. The van der Waals surface area contributed by atoms with Crippen LogP contribution >= 0.6 is 11.3 Å². The lowest BCUT2D eigenvalue weighted by atomic mass is 9.99. The fourth-order valence-electron chi connectivity index (χ4n) is 2.88. The number of likely N-dealkylation sites (tertiary alicyclic amines) is 1. The van der Waals surface area contributed by atoms with Crippen LogP contribution in [0.4, 0.5) is 0 Å². The first kappa shape index (κ1) is 18.4. The lowest BCUT2D eigenvalue weighted by molar-refractivity contribution is -0.148. The summed E-state index contributed by atoms with van der Waals surface area (Å²) in [7, 11) is 0. The SMILES string of the molecule is CC1CCN(C(=O)COC(=O)/C=C/c2ccc(-c3ccccc3)s2)CC1. The van der Waals surface area contributed by atoms with Gasteiger partial charge in [-0.15, -0.1) is 11.3 Å². The molecular formula is C21H23NO3S. The highest BCUT2D eigenvalue weighted by Crippen LogP contribution is 2.28. The van der Waals surface area contributed by atoms with Crippen molar-refractivity contribution in [2.45, 2.75) is 19.8 Å². The molecule has 0 unspecified atom stereocenters. The number of hydrogen-bond donors (Lipinski definition) is 0. The minimum Gasteiger partial charge on any atom is -0.452 e. The maximum atomic E-state index is 12.1. The van der Waals surface area contributed by atoms with E-state index in [1.807, 2.05) is 30.3 Å². The Morgan fingerprint density at radius 2 is 1.88 bits per heavy atom. The fraction of sp³-hybridized carbons (Fsp3) is 0.333. The molecule has 0 bridgehead atoms. The maximum Gasteiger partial charge on any atom is 0.331 e. The first-order valence-corrected chi connectivity index (χ1v) is 9.71. The number of carbonyl (C=O) groups is 2. The number of thiophene rings is 1. The van der Waals surface area contributed by atoms with Gasteiger partial charge >= 0.3 is 5.97 Å². The van der Waals surface area contributed by atoms with Crippen molar-refractivity contribution in [2.24, 2.45) is 5.92 Å². The zero-order valence-corrected chi connectivity index (χ0v) is 15.7. The summed E-state index contributed by atoms with van der Waals surface area (Å²) < 4.78 is 5.08. The molecule has 26 heavy (non-hydrogen) atoms. The van der Waals surface area contributed by atoms with Crippen LogP contribution < -0.4 is 0 Å². The van der Waals surface area contributed by atoms with Gasteiger partial charge in [-0.3, -0.25) is 4.79 Å². The van der Waals surface area contributed by atoms with E-state index in [9.17, 15) is 9.59 Å². The second kappa shape index (κ2) is 8.81. The van der Waals surface area contributed by atoms with Gasteiger partial charge in [0, 0.05) is 28.9 Å². The highest BCUT2D eigenvalue weighted by molar-refractivity contribution is 7.16. The third-order valence-electron chi connectivity index (χ3n) is 4.54. The van der Waals surface area contributed by atoms with Crippen LogP contribution in [0.3, 0.4) is 0 Å². The number of nitrogens with zero attached hydrogens (tertiary/aromatic N) is 1. The zero-order chi connectivity index (χ0) is 18.4. The van der Waals surface area contributed by atoms with Gasteiger partial charge in [-0.05, 0) is 42.5 Å². The van der Waals surface area contributed by atoms with Crippen molar-refractivity contribution in [1.29, 1.82) is 0 Å². The summed E-state index contributed by atoms with van der Waals surface area (Å²) in [4.78, 5) is 27.8. The van der Waals surface area contributed by atoms with Crippen LogP contribution in [0.25, 0.3) is 16.5 Å². The lowest BCUT2D eigenvalue weighted by Gasteiger charge is -2.30. The molecule has 0 aliphatic carbocycles. The predicted molar refractivity (Wildman–Crippen MR) is 105 cm³/mol. The van der Waals surface area contributed by atoms with E-state index in [1.54, 1.807) is 22.3 Å². The van der Waals surface area contributed by atoms with E-state index >= 15 is 0 Å². The summed E-state index contributed by atoms with van der Waals surface area (Å²) in [5.74, 6) is 0.0654. The highest BCUT2D eigenvalue weighted by Gasteiger charge is 2.20. The minimum absolute atomic E-state index is 0.110. The van der Waals surface area contributed by atoms with Crippen molar-refractivity contribution in [2.75, 3.05) is 19.7 Å². The third kappa shape index (κ3) is 5.05. The van der Waals surface area contributed by atoms with Crippen molar-refractivity contribution in [3.8, 4) is 10.4 Å². The zero-order valence-electron chi connectivity index (χ0n) is 14.9. The molecule has 1 amide bonds. The van der Waals surface area contributed by atoms with E-state index in [2.05, 4.69) is 19.1 Å². The van der Waals surface area contributed by atoms with Gasteiger partial charge in [-0.25, -0.2) is 4.79 Å². The van der Waals surface area contributed by atoms with E-state index in [4.69, 9.17) is 4.74 Å². The van der Waals surface area contributed by atoms with Gasteiger partial charge < -0.3 is 9.64 Å². The van der Waals surface area contributed by atoms with Gasteiger partial charge in [0.15, 0.2) is 6.61 Å². The Morgan fingerprint density at radius 3 is 2.62 bits per heavy atom. The molecule has 5 heteroatoms. The van der Waals surface area contributed by atoms with Gasteiger partial charge in [0.25, 0.3) is 5.91 Å². The molecule has 0 radical (unpaired) electrons. The first-order valence-electron chi connectivity index (χ1n) is 8.89. The van der Waals surface area contributed by atoms with Gasteiger partial charge in [0.05, 0.1) is 0 Å². The monoisotopic (exact) mass is 369 g/mol. The summed E-state index contributed by atoms with van der Waals surface area (Å²) in [6.45, 7) is 3.52. The second-order valence-electron chi connectivity index (χ2n) is 6.57. The van der Waals surface area contributed by atoms with Gasteiger partial charge in [-0.1, -0.05) is 37.3 Å². The van der Waals surface area contributed by atoms with Crippen molar-refractivity contribution in [1.82, 2.24) is 4.90 Å². The quantitative estimate of drug-likeness (QED) is 0.585. The van der Waals surface area contributed by atoms with Crippen LogP contribution in [-0.2, 0) is 14.3 Å². The minimum atomic E-state index is -0.488. The predicted octanol–water partition coefficient (Wildman–Crippen LogP) is 4.23. The van der Waals surface area contributed by atoms with Crippen LogP contribution in [0.15, 0.2) is 48.5 Å². The Balaban J connectivity index is 1.47. The molecule has 0 spiro atoms. The number of carbonyl (C=O) groups excluding carboxylic acids is 2. The van der Waals surface area contributed by atoms with Crippen LogP contribution in [-0.4, -0.2) is 36.5 Å². The van der Waals surface area contributed by atoms with Crippen LogP contribution in [0.5, 0.6) is 0 Å². The average molecular weight is 369 g/mol. The number of hydrogen-bond acceptors (Lipinski definition) is 4. The maximum absolute atomic E-state index is 12.1. The summed E-state index contributed by atoms with van der Waals surface area (Å²) in [6, 6.07) is 14.1. The van der Waals surface area contributed by atoms with Gasteiger partial charge in [0.1, 0.15) is 0 Å². The number of ether oxygens (including phenoxy) is 1. The second-order valence-corrected chi connectivity index (χ2v) is 7.69. The molecule has 1 aromatic heterocycles. The average Bonchev–Trinajstić information content (AvgIpc) is 3.15. The molecule has 1 aliphatic heterocycles. The fourth-order valence-corrected chi connectivity index (χ4v) is 3.80. The van der Waals surface area contributed by atoms with E-state index in [-0.39, 0.29) is 12.5 Å². The standard InChI is InChI=1S/C21H23NO3S/c1-16-11-13-22(14-12-16)20(23)15-25-21(24)10-8-18-7-9-19(26-18)17-5-3-2-4-6-17/h2-10,16H,11-15H2,1H3/b10-8+. The molecule has 1 aromatic carbocycles. The van der Waals surface area contributed by atoms with Crippen molar-refractivity contribution in [3.05, 3.63) is 53.4 Å². The Bertz CT molecular complexity index is 774. The number of piperidine rings is 1. The van der Waals surface area contributed by atoms with Gasteiger partial charge in [0.2, 0.25) is 0 Å². The number of esters is 1. The molecule has 2 heterocycles.